The third kappa shape index (κ3) is 3.99. The minimum atomic E-state index is -1.15. The summed E-state index contributed by atoms with van der Waals surface area (Å²) >= 11 is 0. The standard InChI is InChI=1S/C9H15FN4O3/c10-3-8(16)14(13-5-11-6-15)4-7-1-2-12-9(7)17/h6-7,13H,1-5H2,(H,11,15)(H,12,17)/t7-/m0/s1. The minimum Gasteiger partial charge on any atom is -0.356 e. The fourth-order valence-electron chi connectivity index (χ4n) is 1.55. The van der Waals surface area contributed by atoms with Crippen LogP contribution in [0.5, 0.6) is 0 Å². The lowest BCUT2D eigenvalue weighted by molar-refractivity contribution is -0.137. The molecule has 1 atom stereocenters. The van der Waals surface area contributed by atoms with Gasteiger partial charge >= 0.3 is 0 Å². The lowest BCUT2D eigenvalue weighted by atomic mass is 10.1. The summed E-state index contributed by atoms with van der Waals surface area (Å²) in [5.74, 6) is -1.25. The minimum absolute atomic E-state index is 0.00355. The van der Waals surface area contributed by atoms with Crippen molar-refractivity contribution in [1.29, 1.82) is 0 Å². The maximum Gasteiger partial charge on any atom is 0.268 e. The van der Waals surface area contributed by atoms with E-state index in [-0.39, 0.29) is 25.0 Å². The van der Waals surface area contributed by atoms with Crippen LogP contribution in [0.3, 0.4) is 0 Å². The summed E-state index contributed by atoms with van der Waals surface area (Å²) in [5.41, 5.74) is 2.54. The van der Waals surface area contributed by atoms with Crippen molar-refractivity contribution in [2.75, 3.05) is 26.4 Å². The second-order valence-electron chi connectivity index (χ2n) is 3.57. The van der Waals surface area contributed by atoms with Crippen molar-refractivity contribution in [3.05, 3.63) is 0 Å². The van der Waals surface area contributed by atoms with E-state index < -0.39 is 12.6 Å². The van der Waals surface area contributed by atoms with Gasteiger partial charge in [-0.25, -0.2) is 9.82 Å². The number of hydrogen-bond acceptors (Lipinski definition) is 4. The molecule has 1 aliphatic heterocycles. The van der Waals surface area contributed by atoms with Crippen LogP contribution < -0.4 is 16.1 Å². The van der Waals surface area contributed by atoms with Crippen molar-refractivity contribution in [3.8, 4) is 0 Å². The number of amides is 3. The summed E-state index contributed by atoms with van der Waals surface area (Å²) in [7, 11) is 0. The quantitative estimate of drug-likeness (QED) is 0.212. The first-order valence-electron chi connectivity index (χ1n) is 5.23. The van der Waals surface area contributed by atoms with Crippen LogP contribution in [0, 0.1) is 5.92 Å². The van der Waals surface area contributed by atoms with E-state index in [2.05, 4.69) is 16.1 Å². The van der Waals surface area contributed by atoms with Gasteiger partial charge < -0.3 is 10.6 Å². The molecule has 0 saturated carbocycles. The number of carbonyl (C=O) groups is 3. The van der Waals surface area contributed by atoms with Crippen LogP contribution in [-0.4, -0.2) is 49.7 Å². The first kappa shape index (κ1) is 13.4. The van der Waals surface area contributed by atoms with Gasteiger partial charge in [-0.15, -0.1) is 0 Å². The highest BCUT2D eigenvalue weighted by molar-refractivity contribution is 5.82. The largest absolute Gasteiger partial charge is 0.356 e. The van der Waals surface area contributed by atoms with Crippen molar-refractivity contribution in [3.63, 3.8) is 0 Å². The molecule has 0 spiro atoms. The SMILES string of the molecule is O=CNCNN(C[C@@H]1CCNC1=O)C(=O)CF. The van der Waals surface area contributed by atoms with Gasteiger partial charge in [-0.05, 0) is 6.42 Å². The topological polar surface area (TPSA) is 90.5 Å². The van der Waals surface area contributed by atoms with Gasteiger partial charge in [-0.2, -0.15) is 0 Å². The molecule has 0 bridgehead atoms. The lowest BCUT2D eigenvalue weighted by Gasteiger charge is -2.24. The Labute approximate surface area is 97.7 Å². The summed E-state index contributed by atoms with van der Waals surface area (Å²) in [6.07, 6.45) is 1.06. The predicted molar refractivity (Wildman–Crippen MR) is 56.0 cm³/mol. The van der Waals surface area contributed by atoms with Crippen LogP contribution in [0.1, 0.15) is 6.42 Å². The highest BCUT2D eigenvalue weighted by atomic mass is 19.1. The molecule has 1 saturated heterocycles. The average Bonchev–Trinajstić information content (AvgIpc) is 2.73. The van der Waals surface area contributed by atoms with E-state index in [9.17, 15) is 18.8 Å². The first-order valence-corrected chi connectivity index (χ1v) is 5.23. The van der Waals surface area contributed by atoms with Gasteiger partial charge in [0, 0.05) is 13.1 Å². The van der Waals surface area contributed by atoms with Crippen LogP contribution in [0.25, 0.3) is 0 Å². The Balaban J connectivity index is 2.47. The van der Waals surface area contributed by atoms with E-state index in [1.807, 2.05) is 0 Å². The van der Waals surface area contributed by atoms with Gasteiger partial charge in [0.15, 0.2) is 6.67 Å². The summed E-state index contributed by atoms with van der Waals surface area (Å²) in [4.78, 5) is 32.6. The van der Waals surface area contributed by atoms with E-state index in [1.165, 1.54) is 0 Å². The number of hydrazine groups is 1. The number of carbonyl (C=O) groups excluding carboxylic acids is 3. The molecule has 1 heterocycles. The van der Waals surface area contributed by atoms with Gasteiger partial charge in [-0.1, -0.05) is 0 Å². The fourth-order valence-corrected chi connectivity index (χ4v) is 1.55. The third-order valence-corrected chi connectivity index (χ3v) is 2.44. The van der Waals surface area contributed by atoms with Crippen molar-refractivity contribution >= 4 is 18.2 Å². The molecule has 17 heavy (non-hydrogen) atoms. The molecule has 3 N–H and O–H groups in total. The Morgan fingerprint density at radius 2 is 2.41 bits per heavy atom. The summed E-state index contributed by atoms with van der Waals surface area (Å²) < 4.78 is 12.3. The van der Waals surface area contributed by atoms with E-state index in [0.717, 1.165) is 5.01 Å². The Morgan fingerprint density at radius 1 is 1.65 bits per heavy atom. The molecule has 96 valence electrons. The molecule has 3 amide bonds. The fraction of sp³-hybridized carbons (Fsp3) is 0.667. The normalized spacial score (nSPS) is 18.6. The molecular weight excluding hydrogens is 231 g/mol. The van der Waals surface area contributed by atoms with Crippen LogP contribution in [0.15, 0.2) is 0 Å². The van der Waals surface area contributed by atoms with Gasteiger partial charge in [0.25, 0.3) is 5.91 Å². The van der Waals surface area contributed by atoms with E-state index >= 15 is 0 Å². The number of halogens is 1. The maximum absolute atomic E-state index is 12.3. The van der Waals surface area contributed by atoms with E-state index in [4.69, 9.17) is 0 Å². The highest BCUT2D eigenvalue weighted by Gasteiger charge is 2.28. The Bertz CT molecular complexity index is 300. The number of hydrogen-bond donors (Lipinski definition) is 3. The van der Waals surface area contributed by atoms with Gasteiger partial charge in [0.2, 0.25) is 12.3 Å². The molecule has 0 aromatic rings. The molecule has 0 aromatic carbocycles. The Morgan fingerprint density at radius 3 is 2.94 bits per heavy atom. The zero-order chi connectivity index (χ0) is 12.7. The monoisotopic (exact) mass is 246 g/mol. The third-order valence-electron chi connectivity index (χ3n) is 2.44. The molecule has 0 unspecified atom stereocenters. The Hall–Kier alpha value is -1.70. The zero-order valence-electron chi connectivity index (χ0n) is 9.24. The van der Waals surface area contributed by atoms with Crippen LogP contribution in [-0.2, 0) is 14.4 Å². The van der Waals surface area contributed by atoms with E-state index in [0.29, 0.717) is 19.4 Å². The summed E-state index contributed by atoms with van der Waals surface area (Å²) in [6.45, 7) is -0.491. The molecule has 1 fully saturated rings. The Kier molecular flexibility index (Phi) is 5.34. The van der Waals surface area contributed by atoms with Crippen LogP contribution in [0.2, 0.25) is 0 Å². The molecular formula is C9H15FN4O3. The van der Waals surface area contributed by atoms with Gasteiger partial charge in [-0.3, -0.25) is 19.4 Å². The number of rotatable bonds is 7. The van der Waals surface area contributed by atoms with Crippen molar-refractivity contribution in [2.45, 2.75) is 6.42 Å². The smallest absolute Gasteiger partial charge is 0.268 e. The molecule has 7 nitrogen and oxygen atoms in total. The molecule has 8 heteroatoms. The van der Waals surface area contributed by atoms with E-state index in [1.54, 1.807) is 0 Å². The summed E-state index contributed by atoms with van der Waals surface area (Å²) in [5, 5.41) is 5.93. The summed E-state index contributed by atoms with van der Waals surface area (Å²) in [6, 6.07) is 0. The number of nitrogens with zero attached hydrogens (tertiary/aromatic N) is 1. The predicted octanol–water partition coefficient (Wildman–Crippen LogP) is -1.87. The van der Waals surface area contributed by atoms with Gasteiger partial charge in [0.1, 0.15) is 0 Å². The molecule has 0 radical (unpaired) electrons. The second-order valence-corrected chi connectivity index (χ2v) is 3.57. The molecule has 1 aliphatic rings. The van der Waals surface area contributed by atoms with Crippen molar-refractivity contribution in [2.24, 2.45) is 5.92 Å². The zero-order valence-corrected chi connectivity index (χ0v) is 9.24. The lowest BCUT2D eigenvalue weighted by Crippen LogP contribution is -2.50. The van der Waals surface area contributed by atoms with Crippen LogP contribution in [0.4, 0.5) is 4.39 Å². The van der Waals surface area contributed by atoms with Crippen molar-refractivity contribution < 1.29 is 18.8 Å². The second kappa shape index (κ2) is 6.79. The van der Waals surface area contributed by atoms with Crippen molar-refractivity contribution in [1.82, 2.24) is 21.1 Å². The number of alkyl halides is 1. The number of nitrogens with one attached hydrogen (secondary N) is 3. The van der Waals surface area contributed by atoms with Gasteiger partial charge in [0.05, 0.1) is 12.6 Å². The first-order chi connectivity index (χ1) is 8.19. The molecule has 0 aliphatic carbocycles. The maximum atomic E-state index is 12.3. The average molecular weight is 246 g/mol. The molecule has 0 aromatic heterocycles. The molecule has 1 rings (SSSR count). The van der Waals surface area contributed by atoms with Crippen LogP contribution >= 0.6 is 0 Å². The highest BCUT2D eigenvalue weighted by Crippen LogP contribution is 2.10.